The second-order valence-electron chi connectivity index (χ2n) is 4.76. The quantitative estimate of drug-likeness (QED) is 0.769. The average molecular weight is 251 g/mol. The molecule has 0 heterocycles. The number of benzene rings is 2. The second kappa shape index (κ2) is 7.55. The van der Waals surface area contributed by atoms with Crippen molar-refractivity contribution in [2.24, 2.45) is 0 Å². The van der Waals surface area contributed by atoms with Gasteiger partial charge in [0.1, 0.15) is 0 Å². The van der Waals surface area contributed by atoms with Crippen molar-refractivity contribution in [3.8, 4) is 0 Å². The van der Waals surface area contributed by atoms with Crippen LogP contribution < -0.4 is 5.32 Å². The summed E-state index contributed by atoms with van der Waals surface area (Å²) in [6.07, 6.45) is 5.41. The Balaban J connectivity index is 1.66. The normalized spacial score (nSPS) is 11.0. The zero-order valence-corrected chi connectivity index (χ0v) is 11.5. The molecule has 1 N–H and O–H groups in total. The van der Waals surface area contributed by atoms with Gasteiger partial charge in [0.25, 0.3) is 0 Å². The van der Waals surface area contributed by atoms with Crippen LogP contribution in [0.1, 0.15) is 16.7 Å². The smallest absolute Gasteiger partial charge is 0.0138 e. The highest BCUT2D eigenvalue weighted by Crippen LogP contribution is 2.04. The Labute approximate surface area is 116 Å². The van der Waals surface area contributed by atoms with Crippen LogP contribution in [0.5, 0.6) is 0 Å². The number of nitrogens with one attached hydrogen (secondary N) is 1. The number of rotatable bonds is 6. The van der Waals surface area contributed by atoms with Crippen LogP contribution in [0.3, 0.4) is 0 Å². The lowest BCUT2D eigenvalue weighted by molar-refractivity contribution is 0.745. The van der Waals surface area contributed by atoms with Gasteiger partial charge in [-0.3, -0.25) is 0 Å². The van der Waals surface area contributed by atoms with E-state index in [4.69, 9.17) is 0 Å². The van der Waals surface area contributed by atoms with Crippen molar-refractivity contribution < 1.29 is 0 Å². The first-order valence-corrected chi connectivity index (χ1v) is 6.82. The summed E-state index contributed by atoms with van der Waals surface area (Å²) in [5, 5.41) is 3.44. The standard InChI is InChI=1S/C18H21N/c1-16-7-5-10-18(15-16)12-14-19-13-6-11-17-8-3-2-4-9-17/h2-11,15,19H,12-14H2,1H3. The van der Waals surface area contributed by atoms with Crippen LogP contribution in [0.15, 0.2) is 60.7 Å². The molecule has 2 aromatic rings. The fourth-order valence-corrected chi connectivity index (χ4v) is 2.04. The average Bonchev–Trinajstić information content (AvgIpc) is 2.44. The van der Waals surface area contributed by atoms with Gasteiger partial charge in [-0.05, 0) is 31.0 Å². The van der Waals surface area contributed by atoms with Gasteiger partial charge in [-0.15, -0.1) is 0 Å². The molecule has 0 bridgehead atoms. The molecule has 1 heteroatoms. The van der Waals surface area contributed by atoms with E-state index in [1.54, 1.807) is 0 Å². The van der Waals surface area contributed by atoms with E-state index >= 15 is 0 Å². The predicted octanol–water partition coefficient (Wildman–Crippen LogP) is 3.84. The molecule has 0 aliphatic rings. The Bertz CT molecular complexity index is 514. The molecule has 0 aliphatic heterocycles. The van der Waals surface area contributed by atoms with Crippen molar-refractivity contribution in [3.05, 3.63) is 77.4 Å². The third-order valence-corrected chi connectivity index (χ3v) is 3.04. The van der Waals surface area contributed by atoms with Gasteiger partial charge in [-0.1, -0.05) is 72.3 Å². The fourth-order valence-electron chi connectivity index (χ4n) is 2.04. The summed E-state index contributed by atoms with van der Waals surface area (Å²) in [5.74, 6) is 0. The Kier molecular flexibility index (Phi) is 5.39. The minimum atomic E-state index is 0.917. The molecule has 19 heavy (non-hydrogen) atoms. The summed E-state index contributed by atoms with van der Waals surface area (Å²) in [6.45, 7) is 4.07. The molecular weight excluding hydrogens is 230 g/mol. The van der Waals surface area contributed by atoms with Crippen molar-refractivity contribution in [3.63, 3.8) is 0 Å². The summed E-state index contributed by atoms with van der Waals surface area (Å²) >= 11 is 0. The van der Waals surface area contributed by atoms with Gasteiger partial charge in [-0.2, -0.15) is 0 Å². The van der Waals surface area contributed by atoms with Crippen LogP contribution in [0.4, 0.5) is 0 Å². The Hall–Kier alpha value is -1.86. The van der Waals surface area contributed by atoms with Gasteiger partial charge >= 0.3 is 0 Å². The maximum absolute atomic E-state index is 3.44. The van der Waals surface area contributed by atoms with E-state index in [0.29, 0.717) is 0 Å². The monoisotopic (exact) mass is 251 g/mol. The van der Waals surface area contributed by atoms with Crippen molar-refractivity contribution in [2.75, 3.05) is 13.1 Å². The lowest BCUT2D eigenvalue weighted by Gasteiger charge is -2.03. The maximum atomic E-state index is 3.44. The molecule has 0 unspecified atom stereocenters. The minimum absolute atomic E-state index is 0.917. The van der Waals surface area contributed by atoms with Crippen LogP contribution in [-0.2, 0) is 6.42 Å². The topological polar surface area (TPSA) is 12.0 Å². The van der Waals surface area contributed by atoms with E-state index in [9.17, 15) is 0 Å². The van der Waals surface area contributed by atoms with Crippen molar-refractivity contribution in [1.82, 2.24) is 5.32 Å². The SMILES string of the molecule is Cc1cccc(CCNCC=Cc2ccccc2)c1. The molecule has 0 aliphatic carbocycles. The number of aryl methyl sites for hydroxylation is 1. The van der Waals surface area contributed by atoms with Crippen LogP contribution in [0.2, 0.25) is 0 Å². The van der Waals surface area contributed by atoms with Gasteiger partial charge in [-0.25, -0.2) is 0 Å². The first-order chi connectivity index (χ1) is 9.34. The molecule has 0 fully saturated rings. The van der Waals surface area contributed by atoms with Crippen LogP contribution in [0.25, 0.3) is 6.08 Å². The molecule has 0 spiro atoms. The maximum Gasteiger partial charge on any atom is 0.0138 e. The molecule has 0 aromatic heterocycles. The van der Waals surface area contributed by atoms with E-state index in [0.717, 1.165) is 19.5 Å². The summed E-state index contributed by atoms with van der Waals surface area (Å²) in [5.41, 5.74) is 3.99. The lowest BCUT2D eigenvalue weighted by Crippen LogP contribution is -2.16. The summed E-state index contributed by atoms with van der Waals surface area (Å²) < 4.78 is 0. The third-order valence-electron chi connectivity index (χ3n) is 3.04. The van der Waals surface area contributed by atoms with Gasteiger partial charge in [0, 0.05) is 6.54 Å². The molecule has 1 nitrogen and oxygen atoms in total. The largest absolute Gasteiger partial charge is 0.313 e. The van der Waals surface area contributed by atoms with Crippen molar-refractivity contribution >= 4 is 6.08 Å². The molecule has 0 saturated carbocycles. The summed E-state index contributed by atoms with van der Waals surface area (Å²) in [6, 6.07) is 19.1. The van der Waals surface area contributed by atoms with Gasteiger partial charge in [0.05, 0.1) is 0 Å². The van der Waals surface area contributed by atoms with E-state index in [-0.39, 0.29) is 0 Å². The first kappa shape index (κ1) is 13.6. The minimum Gasteiger partial charge on any atom is -0.313 e. The molecule has 0 saturated heterocycles. The van der Waals surface area contributed by atoms with E-state index < -0.39 is 0 Å². The Morgan fingerprint density at radius 2 is 1.84 bits per heavy atom. The Morgan fingerprint density at radius 1 is 1.00 bits per heavy atom. The Morgan fingerprint density at radius 3 is 2.63 bits per heavy atom. The van der Waals surface area contributed by atoms with Gasteiger partial charge in [0.15, 0.2) is 0 Å². The molecule has 2 aromatic carbocycles. The molecular formula is C18H21N. The van der Waals surface area contributed by atoms with Gasteiger partial charge < -0.3 is 5.32 Å². The second-order valence-corrected chi connectivity index (χ2v) is 4.76. The van der Waals surface area contributed by atoms with E-state index in [1.807, 2.05) is 6.07 Å². The third kappa shape index (κ3) is 5.11. The molecule has 98 valence electrons. The molecule has 0 radical (unpaired) electrons. The number of hydrogen-bond acceptors (Lipinski definition) is 1. The first-order valence-electron chi connectivity index (χ1n) is 6.82. The summed E-state index contributed by atoms with van der Waals surface area (Å²) in [7, 11) is 0. The fraction of sp³-hybridized carbons (Fsp3) is 0.222. The highest BCUT2D eigenvalue weighted by Gasteiger charge is 1.92. The molecule has 0 atom stereocenters. The zero-order chi connectivity index (χ0) is 13.3. The molecule has 0 amide bonds. The van der Waals surface area contributed by atoms with Gasteiger partial charge in [0.2, 0.25) is 0 Å². The van der Waals surface area contributed by atoms with Crippen LogP contribution >= 0.6 is 0 Å². The van der Waals surface area contributed by atoms with E-state index in [2.05, 4.69) is 72.9 Å². The van der Waals surface area contributed by atoms with Crippen LogP contribution in [0, 0.1) is 6.92 Å². The predicted molar refractivity (Wildman–Crippen MR) is 83.2 cm³/mol. The summed E-state index contributed by atoms with van der Waals surface area (Å²) in [4.78, 5) is 0. The van der Waals surface area contributed by atoms with Crippen molar-refractivity contribution in [1.29, 1.82) is 0 Å². The number of hydrogen-bond donors (Lipinski definition) is 1. The van der Waals surface area contributed by atoms with Crippen molar-refractivity contribution in [2.45, 2.75) is 13.3 Å². The highest BCUT2D eigenvalue weighted by atomic mass is 14.8. The highest BCUT2D eigenvalue weighted by molar-refractivity contribution is 5.48. The van der Waals surface area contributed by atoms with Crippen LogP contribution in [-0.4, -0.2) is 13.1 Å². The van der Waals surface area contributed by atoms with E-state index in [1.165, 1.54) is 16.7 Å². The lowest BCUT2D eigenvalue weighted by atomic mass is 10.1. The zero-order valence-electron chi connectivity index (χ0n) is 11.5. The molecule has 2 rings (SSSR count).